The Kier molecular flexibility index (Phi) is 5.28. The molecule has 182 valence electrons. The third-order valence-electron chi connectivity index (χ3n) is 6.89. The van der Waals surface area contributed by atoms with Gasteiger partial charge in [0, 0.05) is 49.1 Å². The van der Waals surface area contributed by atoms with Gasteiger partial charge < -0.3 is 14.5 Å². The maximum Gasteiger partial charge on any atom is 0.272 e. The Balaban J connectivity index is 1.40. The van der Waals surface area contributed by atoms with Crippen molar-refractivity contribution in [2.24, 2.45) is 0 Å². The molecule has 0 unspecified atom stereocenters. The monoisotopic (exact) mass is 480 g/mol. The third kappa shape index (κ3) is 4.05. The summed E-state index contributed by atoms with van der Waals surface area (Å²) in [5.74, 6) is -1.28. The molecule has 0 radical (unpaired) electrons. The Morgan fingerprint density at radius 2 is 1.91 bits per heavy atom. The van der Waals surface area contributed by atoms with Gasteiger partial charge in [0.25, 0.3) is 5.91 Å². The van der Waals surface area contributed by atoms with Crippen molar-refractivity contribution >= 4 is 11.9 Å². The first-order valence-electron chi connectivity index (χ1n) is 11.9. The largest absolute Gasteiger partial charge is 0.367 e. The molecule has 1 aromatic carbocycles. The van der Waals surface area contributed by atoms with E-state index in [9.17, 15) is 13.6 Å². The van der Waals surface area contributed by atoms with E-state index in [0.717, 1.165) is 24.5 Å². The molecule has 2 aliphatic heterocycles. The molecule has 3 aromatic rings. The molecule has 4 heterocycles. The molecule has 6 rings (SSSR count). The van der Waals surface area contributed by atoms with Crippen LogP contribution in [0, 0.1) is 11.6 Å². The first-order chi connectivity index (χ1) is 16.9. The summed E-state index contributed by atoms with van der Waals surface area (Å²) in [4.78, 5) is 26.0. The number of hydrogen-bond acceptors (Lipinski definition) is 6. The molecule has 2 fully saturated rings. The molecule has 8 nitrogen and oxygen atoms in total. The Morgan fingerprint density at radius 1 is 1.11 bits per heavy atom. The SMILES string of the molecule is C[C@H]1CN(c2nc3c(c(-c4ccc(F)cc4F)n2)CCN(C)C3=O)C[C@@H](c2cnn(C3CC3)c2)O1. The zero-order chi connectivity index (χ0) is 24.3. The first kappa shape index (κ1) is 22.1. The van der Waals surface area contributed by atoms with E-state index in [-0.39, 0.29) is 29.4 Å². The van der Waals surface area contributed by atoms with Crippen molar-refractivity contribution in [2.45, 2.75) is 44.4 Å². The van der Waals surface area contributed by atoms with Crippen LogP contribution in [0.4, 0.5) is 14.7 Å². The zero-order valence-electron chi connectivity index (χ0n) is 19.6. The molecule has 0 bridgehead atoms. The third-order valence-corrected chi connectivity index (χ3v) is 6.89. The van der Waals surface area contributed by atoms with Crippen LogP contribution in [-0.4, -0.2) is 63.3 Å². The molecule has 1 saturated carbocycles. The summed E-state index contributed by atoms with van der Waals surface area (Å²) in [6.07, 6.45) is 6.28. The number of ether oxygens (including phenoxy) is 1. The molecule has 1 aliphatic carbocycles. The Morgan fingerprint density at radius 3 is 2.69 bits per heavy atom. The van der Waals surface area contributed by atoms with Crippen LogP contribution in [0.15, 0.2) is 30.6 Å². The van der Waals surface area contributed by atoms with Crippen molar-refractivity contribution in [3.63, 3.8) is 0 Å². The number of morpholine rings is 1. The second-order valence-electron chi connectivity index (χ2n) is 9.63. The standard InChI is InChI=1S/C25H26F2N6O2/c1-14-11-32(13-21(35-14)15-10-28-33(12-15)17-4-5-17)25-29-22(18-6-3-16(26)9-20(18)27)19-7-8-31(2)24(34)23(19)30-25/h3,6,9-10,12,14,17,21H,4-5,7-8,11,13H2,1-2H3/t14-,21-/m0/s1. The van der Waals surface area contributed by atoms with Crippen LogP contribution >= 0.6 is 0 Å². The number of carbonyl (C=O) groups excluding carboxylic acids is 1. The van der Waals surface area contributed by atoms with E-state index in [1.54, 1.807) is 11.9 Å². The van der Waals surface area contributed by atoms with Gasteiger partial charge >= 0.3 is 0 Å². The van der Waals surface area contributed by atoms with Crippen molar-refractivity contribution in [1.82, 2.24) is 24.6 Å². The molecule has 1 amide bonds. The van der Waals surface area contributed by atoms with Crippen molar-refractivity contribution in [3.05, 3.63) is 59.0 Å². The zero-order valence-corrected chi connectivity index (χ0v) is 19.6. The van der Waals surface area contributed by atoms with Crippen LogP contribution in [0.3, 0.4) is 0 Å². The maximum absolute atomic E-state index is 14.8. The fraction of sp³-hybridized carbons (Fsp3) is 0.440. The average molecular weight is 481 g/mol. The topological polar surface area (TPSA) is 76.4 Å². The number of aromatic nitrogens is 4. The first-order valence-corrected chi connectivity index (χ1v) is 11.9. The number of rotatable bonds is 4. The number of anilines is 1. The highest BCUT2D eigenvalue weighted by molar-refractivity contribution is 5.96. The number of halogens is 2. The number of fused-ring (bicyclic) bond motifs is 1. The van der Waals surface area contributed by atoms with E-state index in [1.165, 1.54) is 12.1 Å². The molecular weight excluding hydrogens is 454 g/mol. The summed E-state index contributed by atoms with van der Waals surface area (Å²) in [6, 6.07) is 3.89. The highest BCUT2D eigenvalue weighted by atomic mass is 19.1. The lowest BCUT2D eigenvalue weighted by molar-refractivity contribution is -0.0179. The fourth-order valence-corrected chi connectivity index (χ4v) is 4.85. The molecule has 0 spiro atoms. The Hall–Kier alpha value is -3.40. The summed E-state index contributed by atoms with van der Waals surface area (Å²) in [5, 5.41) is 4.49. The molecule has 2 atom stereocenters. The van der Waals surface area contributed by atoms with Crippen LogP contribution in [0.25, 0.3) is 11.3 Å². The fourth-order valence-electron chi connectivity index (χ4n) is 4.85. The number of hydrogen-bond donors (Lipinski definition) is 0. The normalized spacial score (nSPS) is 22.5. The molecular formula is C25H26F2N6O2. The van der Waals surface area contributed by atoms with Gasteiger partial charge in [0.05, 0.1) is 30.6 Å². The lowest BCUT2D eigenvalue weighted by Gasteiger charge is -2.37. The number of carbonyl (C=O) groups is 1. The molecule has 0 N–H and O–H groups in total. The minimum atomic E-state index is -0.719. The van der Waals surface area contributed by atoms with Crippen molar-refractivity contribution < 1.29 is 18.3 Å². The van der Waals surface area contributed by atoms with E-state index in [4.69, 9.17) is 9.72 Å². The summed E-state index contributed by atoms with van der Waals surface area (Å²) in [7, 11) is 1.72. The van der Waals surface area contributed by atoms with Crippen LogP contribution in [0.1, 0.15) is 53.5 Å². The number of likely N-dealkylation sites (N-methyl/N-ethyl adjacent to an activating group) is 1. The van der Waals surface area contributed by atoms with E-state index in [0.29, 0.717) is 49.3 Å². The Labute approximate surface area is 201 Å². The smallest absolute Gasteiger partial charge is 0.272 e. The molecule has 35 heavy (non-hydrogen) atoms. The van der Waals surface area contributed by atoms with Gasteiger partial charge in [-0.15, -0.1) is 0 Å². The van der Waals surface area contributed by atoms with Crippen molar-refractivity contribution in [2.75, 3.05) is 31.6 Å². The summed E-state index contributed by atoms with van der Waals surface area (Å²) in [6.45, 7) is 3.44. The highest BCUT2D eigenvalue weighted by Gasteiger charge is 2.34. The van der Waals surface area contributed by atoms with Crippen molar-refractivity contribution in [3.8, 4) is 11.3 Å². The van der Waals surface area contributed by atoms with E-state index < -0.39 is 11.6 Å². The molecule has 10 heteroatoms. The predicted octanol–water partition coefficient (Wildman–Crippen LogP) is 3.55. The minimum Gasteiger partial charge on any atom is -0.367 e. The van der Waals surface area contributed by atoms with Crippen molar-refractivity contribution in [1.29, 1.82) is 0 Å². The minimum absolute atomic E-state index is 0.123. The molecule has 2 aromatic heterocycles. The number of nitrogens with zero attached hydrogens (tertiary/aromatic N) is 6. The van der Waals surface area contributed by atoms with Gasteiger partial charge in [0.15, 0.2) is 0 Å². The van der Waals surface area contributed by atoms with Crippen LogP contribution in [0.2, 0.25) is 0 Å². The lowest BCUT2D eigenvalue weighted by atomic mass is 9.97. The Bertz CT molecular complexity index is 1310. The quantitative estimate of drug-likeness (QED) is 0.569. The number of amides is 1. The van der Waals surface area contributed by atoms with Gasteiger partial charge in [0.1, 0.15) is 23.4 Å². The van der Waals surface area contributed by atoms with E-state index in [2.05, 4.69) is 10.1 Å². The second kappa shape index (κ2) is 8.37. The van der Waals surface area contributed by atoms with Crippen LogP contribution in [0.5, 0.6) is 0 Å². The summed E-state index contributed by atoms with van der Waals surface area (Å²) >= 11 is 0. The van der Waals surface area contributed by atoms with Gasteiger partial charge in [0.2, 0.25) is 5.95 Å². The van der Waals surface area contributed by atoms with E-state index in [1.807, 2.05) is 28.9 Å². The van der Waals surface area contributed by atoms with Gasteiger partial charge in [-0.25, -0.2) is 18.7 Å². The predicted molar refractivity (Wildman–Crippen MR) is 124 cm³/mol. The maximum atomic E-state index is 14.8. The molecule has 1 saturated heterocycles. The van der Waals surface area contributed by atoms with Gasteiger partial charge in [-0.1, -0.05) is 0 Å². The van der Waals surface area contributed by atoms with E-state index >= 15 is 0 Å². The lowest BCUT2D eigenvalue weighted by Crippen LogP contribution is -2.44. The number of benzene rings is 1. The van der Waals surface area contributed by atoms with Crippen LogP contribution < -0.4 is 4.90 Å². The van der Waals surface area contributed by atoms with Gasteiger partial charge in [-0.3, -0.25) is 9.48 Å². The van der Waals surface area contributed by atoms with Crippen LogP contribution in [-0.2, 0) is 11.2 Å². The average Bonchev–Trinajstić information content (AvgIpc) is 3.57. The summed E-state index contributed by atoms with van der Waals surface area (Å²) < 4.78 is 36.7. The highest BCUT2D eigenvalue weighted by Crippen LogP contribution is 2.36. The molecule has 3 aliphatic rings. The second-order valence-corrected chi connectivity index (χ2v) is 9.63. The summed E-state index contributed by atoms with van der Waals surface area (Å²) in [5.41, 5.74) is 2.33. The van der Waals surface area contributed by atoms with Gasteiger partial charge in [-0.2, -0.15) is 5.10 Å². The van der Waals surface area contributed by atoms with Gasteiger partial charge in [-0.05, 0) is 38.3 Å².